The molecule has 0 aliphatic carbocycles. The lowest BCUT2D eigenvalue weighted by molar-refractivity contribution is -0.123. The maximum atomic E-state index is 12.5. The third-order valence-corrected chi connectivity index (χ3v) is 3.43. The van der Waals surface area contributed by atoms with E-state index in [9.17, 15) is 9.59 Å². The topological polar surface area (TPSA) is 102 Å². The molecule has 2 amide bonds. The molecule has 6 nitrogen and oxygen atoms in total. The number of rotatable bonds is 2. The van der Waals surface area contributed by atoms with E-state index in [1.807, 2.05) is 0 Å². The van der Waals surface area contributed by atoms with E-state index in [1.165, 1.54) is 6.20 Å². The number of aromatic nitrogens is 1. The molecule has 1 aliphatic heterocycles. The van der Waals surface area contributed by atoms with E-state index in [2.05, 4.69) is 16.8 Å². The molecule has 1 aliphatic rings. The van der Waals surface area contributed by atoms with Crippen LogP contribution in [0.15, 0.2) is 18.5 Å². The molecule has 0 aromatic carbocycles. The Morgan fingerprint density at radius 1 is 1.43 bits per heavy atom. The summed E-state index contributed by atoms with van der Waals surface area (Å²) < 4.78 is 0. The van der Waals surface area contributed by atoms with Gasteiger partial charge in [0.2, 0.25) is 5.91 Å². The number of pyridine rings is 1. The summed E-state index contributed by atoms with van der Waals surface area (Å²) in [5, 5.41) is 0. The summed E-state index contributed by atoms with van der Waals surface area (Å²) in [4.78, 5) is 29.4. The number of nitrogens with zero attached hydrogens (tertiary/aromatic N) is 2. The van der Waals surface area contributed by atoms with Crippen molar-refractivity contribution in [1.82, 2.24) is 9.88 Å². The van der Waals surface area contributed by atoms with Crippen LogP contribution in [0.2, 0.25) is 0 Å². The molecule has 2 rings (SSSR count). The molecule has 110 valence electrons. The lowest BCUT2D eigenvalue weighted by Crippen LogP contribution is -2.44. The highest BCUT2D eigenvalue weighted by atomic mass is 16.2. The molecule has 0 bridgehead atoms. The van der Waals surface area contributed by atoms with Gasteiger partial charge in [-0.1, -0.05) is 11.8 Å². The lowest BCUT2D eigenvalue weighted by atomic mass is 9.97. The molecule has 1 aromatic heterocycles. The second-order valence-electron chi connectivity index (χ2n) is 4.96. The molecule has 4 N–H and O–H groups in total. The smallest absolute Gasteiger partial charge is 0.255 e. The molecule has 1 fully saturated rings. The number of carbonyl (C=O) groups is 2. The van der Waals surface area contributed by atoms with Crippen molar-refractivity contribution in [3.05, 3.63) is 29.6 Å². The number of piperidine rings is 1. The minimum absolute atomic E-state index is 0.148. The van der Waals surface area contributed by atoms with Gasteiger partial charge in [0.1, 0.15) is 0 Å². The van der Waals surface area contributed by atoms with Crippen molar-refractivity contribution >= 4 is 11.8 Å². The van der Waals surface area contributed by atoms with Crippen LogP contribution < -0.4 is 11.5 Å². The largest absolute Gasteiger partial charge is 0.369 e. The van der Waals surface area contributed by atoms with E-state index in [0.29, 0.717) is 24.2 Å². The van der Waals surface area contributed by atoms with Gasteiger partial charge in [-0.15, -0.1) is 0 Å². The van der Waals surface area contributed by atoms with Gasteiger partial charge in [-0.25, -0.2) is 0 Å². The molecule has 6 heteroatoms. The lowest BCUT2D eigenvalue weighted by Gasteiger charge is -2.31. The van der Waals surface area contributed by atoms with Crippen molar-refractivity contribution in [3.63, 3.8) is 0 Å². The third kappa shape index (κ3) is 3.80. The maximum Gasteiger partial charge on any atom is 0.255 e. The van der Waals surface area contributed by atoms with Crippen LogP contribution in [0.4, 0.5) is 0 Å². The Morgan fingerprint density at radius 2 is 2.24 bits per heavy atom. The van der Waals surface area contributed by atoms with Gasteiger partial charge in [0.05, 0.1) is 18.0 Å². The Hall–Kier alpha value is -2.39. The first-order chi connectivity index (χ1) is 10.1. The highest BCUT2D eigenvalue weighted by Gasteiger charge is 2.27. The summed E-state index contributed by atoms with van der Waals surface area (Å²) in [7, 11) is 0. The normalized spacial score (nSPS) is 17.8. The van der Waals surface area contributed by atoms with E-state index < -0.39 is 0 Å². The first-order valence-electron chi connectivity index (χ1n) is 6.84. The number of hydrogen-bond acceptors (Lipinski definition) is 4. The minimum atomic E-state index is -0.354. The molecule has 0 spiro atoms. The molecule has 0 radical (unpaired) electrons. The number of primary amides is 1. The number of hydrogen-bond donors (Lipinski definition) is 2. The molecular weight excluding hydrogens is 268 g/mol. The fourth-order valence-electron chi connectivity index (χ4n) is 2.35. The van der Waals surface area contributed by atoms with Crippen molar-refractivity contribution in [3.8, 4) is 11.8 Å². The zero-order valence-electron chi connectivity index (χ0n) is 11.7. The van der Waals surface area contributed by atoms with E-state index in [1.54, 1.807) is 17.2 Å². The monoisotopic (exact) mass is 286 g/mol. The van der Waals surface area contributed by atoms with Crippen LogP contribution in [-0.2, 0) is 4.79 Å². The quantitative estimate of drug-likeness (QED) is 0.730. The fraction of sp³-hybridized carbons (Fsp3) is 0.400. The zero-order valence-corrected chi connectivity index (χ0v) is 11.7. The van der Waals surface area contributed by atoms with Gasteiger partial charge in [0, 0.05) is 31.0 Å². The number of carbonyl (C=O) groups excluding carboxylic acids is 2. The summed E-state index contributed by atoms with van der Waals surface area (Å²) in [6, 6.07) is 1.69. The summed E-state index contributed by atoms with van der Waals surface area (Å²) in [6.07, 6.45) is 4.60. The summed E-state index contributed by atoms with van der Waals surface area (Å²) in [5.74, 6) is 4.80. The van der Waals surface area contributed by atoms with Crippen molar-refractivity contribution < 1.29 is 9.59 Å². The predicted octanol–water partition coefficient (Wildman–Crippen LogP) is -0.271. The van der Waals surface area contributed by atoms with Crippen LogP contribution in [0, 0.1) is 17.8 Å². The predicted molar refractivity (Wildman–Crippen MR) is 78.0 cm³/mol. The summed E-state index contributed by atoms with van der Waals surface area (Å²) in [5.41, 5.74) is 11.8. The minimum Gasteiger partial charge on any atom is -0.369 e. The standard InChI is InChI=1S/C15H18N4O2/c16-5-1-3-11-7-13(9-18-8-11)15(21)19-6-2-4-12(10-19)14(17)20/h7-9,12H,2,4-6,10,16H2,(H2,17,20). The van der Waals surface area contributed by atoms with Gasteiger partial charge in [-0.05, 0) is 18.9 Å². The molecular formula is C15H18N4O2. The van der Waals surface area contributed by atoms with Crippen LogP contribution >= 0.6 is 0 Å². The Morgan fingerprint density at radius 3 is 2.95 bits per heavy atom. The first-order valence-corrected chi connectivity index (χ1v) is 6.84. The zero-order chi connectivity index (χ0) is 15.2. The maximum absolute atomic E-state index is 12.5. The molecule has 1 aromatic rings. The highest BCUT2D eigenvalue weighted by molar-refractivity contribution is 5.94. The van der Waals surface area contributed by atoms with E-state index >= 15 is 0 Å². The molecule has 0 saturated carbocycles. The van der Waals surface area contributed by atoms with E-state index in [4.69, 9.17) is 11.5 Å². The van der Waals surface area contributed by atoms with E-state index in [0.717, 1.165) is 12.8 Å². The number of likely N-dealkylation sites (tertiary alicyclic amines) is 1. The van der Waals surface area contributed by atoms with Gasteiger partial charge in [-0.2, -0.15) is 0 Å². The molecule has 2 heterocycles. The van der Waals surface area contributed by atoms with Crippen molar-refractivity contribution in [2.24, 2.45) is 17.4 Å². The Labute approximate surface area is 123 Å². The first kappa shape index (κ1) is 15.0. The average molecular weight is 286 g/mol. The molecule has 1 saturated heterocycles. The fourth-order valence-corrected chi connectivity index (χ4v) is 2.35. The van der Waals surface area contributed by atoms with Gasteiger partial charge in [0.25, 0.3) is 5.91 Å². The van der Waals surface area contributed by atoms with Gasteiger partial charge >= 0.3 is 0 Å². The average Bonchev–Trinajstić information content (AvgIpc) is 2.52. The van der Waals surface area contributed by atoms with Crippen LogP contribution in [0.3, 0.4) is 0 Å². The number of nitrogens with two attached hydrogens (primary N) is 2. The second-order valence-corrected chi connectivity index (χ2v) is 4.96. The molecule has 1 atom stereocenters. The van der Waals surface area contributed by atoms with Crippen LogP contribution in [0.1, 0.15) is 28.8 Å². The van der Waals surface area contributed by atoms with Crippen LogP contribution in [-0.4, -0.2) is 41.3 Å². The van der Waals surface area contributed by atoms with Crippen LogP contribution in [0.5, 0.6) is 0 Å². The third-order valence-electron chi connectivity index (χ3n) is 3.43. The Bertz CT molecular complexity index is 603. The van der Waals surface area contributed by atoms with Crippen molar-refractivity contribution in [1.29, 1.82) is 0 Å². The van der Waals surface area contributed by atoms with Gasteiger partial charge in [-0.3, -0.25) is 14.6 Å². The Balaban J connectivity index is 2.14. The van der Waals surface area contributed by atoms with E-state index in [-0.39, 0.29) is 24.3 Å². The molecule has 21 heavy (non-hydrogen) atoms. The highest BCUT2D eigenvalue weighted by Crippen LogP contribution is 2.18. The summed E-state index contributed by atoms with van der Waals surface area (Å²) in [6.45, 7) is 1.25. The van der Waals surface area contributed by atoms with Crippen LogP contribution in [0.25, 0.3) is 0 Å². The van der Waals surface area contributed by atoms with Gasteiger partial charge in [0.15, 0.2) is 0 Å². The molecule has 1 unspecified atom stereocenters. The Kier molecular flexibility index (Phi) is 4.90. The van der Waals surface area contributed by atoms with Crippen molar-refractivity contribution in [2.75, 3.05) is 19.6 Å². The second kappa shape index (κ2) is 6.86. The van der Waals surface area contributed by atoms with Gasteiger partial charge < -0.3 is 16.4 Å². The summed E-state index contributed by atoms with van der Waals surface area (Å²) >= 11 is 0. The van der Waals surface area contributed by atoms with Crippen molar-refractivity contribution in [2.45, 2.75) is 12.8 Å². The SMILES string of the molecule is NCC#Cc1cncc(C(=O)N2CCCC(C(N)=O)C2)c1. The number of amides is 2.